The molecular weight excluding hydrogens is 230 g/mol. The van der Waals surface area contributed by atoms with Crippen LogP contribution in [0.4, 0.5) is 5.69 Å². The monoisotopic (exact) mass is 239 g/mol. The van der Waals surface area contributed by atoms with Crippen LogP contribution in [0.2, 0.25) is 0 Å². The van der Waals surface area contributed by atoms with E-state index < -0.39 is 0 Å². The topological polar surface area (TPSA) is 29.1 Å². The van der Waals surface area contributed by atoms with Gasteiger partial charge in [0.15, 0.2) is 0 Å². The second-order valence-corrected chi connectivity index (χ2v) is 3.38. The van der Waals surface area contributed by atoms with Gasteiger partial charge in [0, 0.05) is 10.9 Å². The summed E-state index contributed by atoms with van der Waals surface area (Å²) in [5, 5.41) is 2.75. The number of hydrogen-bond donors (Lipinski definition) is 1. The van der Waals surface area contributed by atoms with Crippen LogP contribution in [-0.2, 0) is 4.79 Å². The van der Waals surface area contributed by atoms with E-state index >= 15 is 0 Å². The molecule has 68 valence electrons. The maximum atomic E-state index is 11.2. The molecule has 0 aliphatic heterocycles. The van der Waals surface area contributed by atoms with Gasteiger partial charge in [0.25, 0.3) is 0 Å². The van der Waals surface area contributed by atoms with Crippen LogP contribution in [0.15, 0.2) is 41.4 Å². The van der Waals surface area contributed by atoms with Crippen LogP contribution in [0.5, 0.6) is 0 Å². The zero-order valence-electron chi connectivity index (χ0n) is 7.09. The number of benzene rings is 1. The predicted octanol–water partition coefficient (Wildman–Crippen LogP) is 2.96. The maximum absolute atomic E-state index is 11.2. The first kappa shape index (κ1) is 9.99. The standard InChI is InChI=1S/C10H10BrNO/c1-2-5-10(13)12-9-7-4-3-6-8(9)11/h2-4,6-7H,1,5H2,(H,12,13). The Kier molecular flexibility index (Phi) is 3.71. The molecular formula is C10H10BrNO. The molecule has 0 spiro atoms. The van der Waals surface area contributed by atoms with Crippen molar-refractivity contribution in [3.8, 4) is 0 Å². The minimum Gasteiger partial charge on any atom is -0.325 e. The molecule has 0 bridgehead atoms. The number of anilines is 1. The van der Waals surface area contributed by atoms with Gasteiger partial charge >= 0.3 is 0 Å². The molecule has 0 fully saturated rings. The van der Waals surface area contributed by atoms with Crippen molar-refractivity contribution in [2.24, 2.45) is 0 Å². The Hall–Kier alpha value is -1.09. The van der Waals surface area contributed by atoms with Crippen LogP contribution in [0, 0.1) is 0 Å². The van der Waals surface area contributed by atoms with Gasteiger partial charge in [-0.15, -0.1) is 6.58 Å². The number of carbonyl (C=O) groups excluding carboxylic acids is 1. The lowest BCUT2D eigenvalue weighted by atomic mass is 10.3. The van der Waals surface area contributed by atoms with E-state index in [9.17, 15) is 4.79 Å². The van der Waals surface area contributed by atoms with Crippen molar-refractivity contribution < 1.29 is 4.79 Å². The normalized spacial score (nSPS) is 9.31. The molecule has 1 amide bonds. The number of carbonyl (C=O) groups is 1. The Morgan fingerprint density at radius 3 is 2.85 bits per heavy atom. The average molecular weight is 240 g/mol. The number of nitrogens with one attached hydrogen (secondary N) is 1. The van der Waals surface area contributed by atoms with Gasteiger partial charge in [-0.1, -0.05) is 18.2 Å². The summed E-state index contributed by atoms with van der Waals surface area (Å²) in [6, 6.07) is 7.48. The van der Waals surface area contributed by atoms with Crippen LogP contribution in [0.25, 0.3) is 0 Å². The van der Waals surface area contributed by atoms with Gasteiger partial charge < -0.3 is 5.32 Å². The molecule has 2 nitrogen and oxygen atoms in total. The van der Waals surface area contributed by atoms with E-state index in [1.807, 2.05) is 24.3 Å². The Balaban J connectivity index is 2.68. The van der Waals surface area contributed by atoms with Gasteiger partial charge in [-0.25, -0.2) is 0 Å². The molecule has 0 radical (unpaired) electrons. The molecule has 1 aromatic rings. The molecule has 0 saturated carbocycles. The fraction of sp³-hybridized carbons (Fsp3) is 0.100. The van der Waals surface area contributed by atoms with Gasteiger partial charge in [0.2, 0.25) is 5.91 Å². The smallest absolute Gasteiger partial charge is 0.228 e. The van der Waals surface area contributed by atoms with Crippen molar-refractivity contribution in [2.75, 3.05) is 5.32 Å². The third-order valence-electron chi connectivity index (χ3n) is 1.48. The molecule has 0 unspecified atom stereocenters. The summed E-state index contributed by atoms with van der Waals surface area (Å²) >= 11 is 3.34. The quantitative estimate of drug-likeness (QED) is 0.808. The molecule has 0 aromatic heterocycles. The lowest BCUT2D eigenvalue weighted by Crippen LogP contribution is -2.09. The lowest BCUT2D eigenvalue weighted by molar-refractivity contribution is -0.115. The first-order valence-corrected chi connectivity index (χ1v) is 4.68. The third kappa shape index (κ3) is 3.03. The van der Waals surface area contributed by atoms with Crippen molar-refractivity contribution in [2.45, 2.75) is 6.42 Å². The molecule has 3 heteroatoms. The van der Waals surface area contributed by atoms with Crippen LogP contribution >= 0.6 is 15.9 Å². The zero-order valence-corrected chi connectivity index (χ0v) is 8.67. The molecule has 0 heterocycles. The van der Waals surface area contributed by atoms with Gasteiger partial charge in [-0.05, 0) is 28.1 Å². The summed E-state index contributed by atoms with van der Waals surface area (Å²) in [4.78, 5) is 11.2. The van der Waals surface area contributed by atoms with Crippen LogP contribution in [0.1, 0.15) is 6.42 Å². The first-order chi connectivity index (χ1) is 6.24. The third-order valence-corrected chi connectivity index (χ3v) is 2.17. The molecule has 0 saturated heterocycles. The van der Waals surface area contributed by atoms with Crippen LogP contribution in [0.3, 0.4) is 0 Å². The summed E-state index contributed by atoms with van der Waals surface area (Å²) in [5.74, 6) is -0.0538. The van der Waals surface area contributed by atoms with E-state index in [0.717, 1.165) is 10.2 Å². The fourth-order valence-corrected chi connectivity index (χ4v) is 1.28. The Bertz CT molecular complexity index is 322. The predicted molar refractivity (Wildman–Crippen MR) is 57.6 cm³/mol. The summed E-state index contributed by atoms with van der Waals surface area (Å²) in [6.07, 6.45) is 1.91. The first-order valence-electron chi connectivity index (χ1n) is 3.89. The van der Waals surface area contributed by atoms with Gasteiger partial charge in [0.1, 0.15) is 0 Å². The van der Waals surface area contributed by atoms with Crippen molar-refractivity contribution in [3.05, 3.63) is 41.4 Å². The van der Waals surface area contributed by atoms with E-state index in [0.29, 0.717) is 6.42 Å². The molecule has 13 heavy (non-hydrogen) atoms. The fourth-order valence-electron chi connectivity index (χ4n) is 0.895. The summed E-state index contributed by atoms with van der Waals surface area (Å²) in [7, 11) is 0. The number of amides is 1. The summed E-state index contributed by atoms with van der Waals surface area (Å²) in [6.45, 7) is 3.49. The van der Waals surface area contributed by atoms with E-state index in [-0.39, 0.29) is 5.91 Å². The zero-order chi connectivity index (χ0) is 9.68. The van der Waals surface area contributed by atoms with Crippen LogP contribution < -0.4 is 5.32 Å². The largest absolute Gasteiger partial charge is 0.325 e. The van der Waals surface area contributed by atoms with Gasteiger partial charge in [0.05, 0.1) is 5.69 Å². The number of halogens is 1. The summed E-state index contributed by atoms with van der Waals surface area (Å²) < 4.78 is 0.882. The molecule has 0 aliphatic rings. The van der Waals surface area contributed by atoms with E-state index in [1.54, 1.807) is 6.08 Å². The molecule has 0 aliphatic carbocycles. The Labute approximate surface area is 85.8 Å². The number of para-hydroxylation sites is 1. The highest BCUT2D eigenvalue weighted by Gasteiger charge is 2.01. The van der Waals surface area contributed by atoms with Gasteiger partial charge in [-0.3, -0.25) is 4.79 Å². The van der Waals surface area contributed by atoms with E-state index in [4.69, 9.17) is 0 Å². The van der Waals surface area contributed by atoms with Gasteiger partial charge in [-0.2, -0.15) is 0 Å². The lowest BCUT2D eigenvalue weighted by Gasteiger charge is -2.04. The molecule has 1 rings (SSSR count). The Morgan fingerprint density at radius 1 is 1.54 bits per heavy atom. The molecule has 1 aromatic carbocycles. The summed E-state index contributed by atoms with van der Waals surface area (Å²) in [5.41, 5.74) is 0.786. The second kappa shape index (κ2) is 4.82. The van der Waals surface area contributed by atoms with Crippen molar-refractivity contribution >= 4 is 27.5 Å². The number of hydrogen-bond acceptors (Lipinski definition) is 1. The highest BCUT2D eigenvalue weighted by Crippen LogP contribution is 2.21. The SMILES string of the molecule is C=CCC(=O)Nc1ccccc1Br. The highest BCUT2D eigenvalue weighted by atomic mass is 79.9. The second-order valence-electron chi connectivity index (χ2n) is 2.52. The van der Waals surface area contributed by atoms with Crippen molar-refractivity contribution in [3.63, 3.8) is 0 Å². The van der Waals surface area contributed by atoms with Crippen molar-refractivity contribution in [1.82, 2.24) is 0 Å². The van der Waals surface area contributed by atoms with Crippen LogP contribution in [-0.4, -0.2) is 5.91 Å². The minimum absolute atomic E-state index is 0.0538. The van der Waals surface area contributed by atoms with E-state index in [2.05, 4.69) is 27.8 Å². The highest BCUT2D eigenvalue weighted by molar-refractivity contribution is 9.10. The van der Waals surface area contributed by atoms with E-state index in [1.165, 1.54) is 0 Å². The Morgan fingerprint density at radius 2 is 2.23 bits per heavy atom. The molecule has 1 N–H and O–H groups in total. The maximum Gasteiger partial charge on any atom is 0.228 e. The van der Waals surface area contributed by atoms with Crippen molar-refractivity contribution in [1.29, 1.82) is 0 Å². The molecule has 0 atom stereocenters. The number of rotatable bonds is 3. The minimum atomic E-state index is -0.0538. The average Bonchev–Trinajstić information content (AvgIpc) is 2.09.